The van der Waals surface area contributed by atoms with E-state index in [9.17, 15) is 0 Å². The summed E-state index contributed by atoms with van der Waals surface area (Å²) in [5, 5.41) is 0.425. The molecule has 24 heavy (non-hydrogen) atoms. The summed E-state index contributed by atoms with van der Waals surface area (Å²) < 4.78 is 3.27. The summed E-state index contributed by atoms with van der Waals surface area (Å²) in [6.45, 7) is 5.34. The number of aromatic nitrogens is 2. The number of rotatable bonds is 6. The maximum Gasteiger partial charge on any atom is 0.0945 e. The molecule has 0 radical (unpaired) electrons. The third-order valence-corrected chi connectivity index (χ3v) is 5.92. The predicted molar refractivity (Wildman–Crippen MR) is 106 cm³/mol. The fraction of sp³-hybridized carbons (Fsp3) is 0.250. The summed E-state index contributed by atoms with van der Waals surface area (Å²) in [6.07, 6.45) is 6.84. The Hall–Kier alpha value is -1.52. The minimum Gasteiger partial charge on any atom is -0.337 e. The second kappa shape index (κ2) is 8.04. The Morgan fingerprint density at radius 2 is 1.92 bits per heavy atom. The van der Waals surface area contributed by atoms with E-state index in [2.05, 4.69) is 81.8 Å². The maximum absolute atomic E-state index is 4.15. The quantitative estimate of drug-likeness (QED) is 0.459. The average molecular weight is 401 g/mol. The molecule has 1 unspecified atom stereocenters. The van der Waals surface area contributed by atoms with Gasteiger partial charge in [-0.15, -0.1) is 11.8 Å². The summed E-state index contributed by atoms with van der Waals surface area (Å²) in [5.41, 5.74) is 4.11. The summed E-state index contributed by atoms with van der Waals surface area (Å²) in [4.78, 5) is 5.45. The van der Waals surface area contributed by atoms with Crippen LogP contribution in [0.1, 0.15) is 28.4 Å². The average Bonchev–Trinajstić information content (AvgIpc) is 3.07. The van der Waals surface area contributed by atoms with E-state index in [0.29, 0.717) is 5.25 Å². The van der Waals surface area contributed by atoms with Crippen molar-refractivity contribution >= 4 is 27.7 Å². The number of nitrogens with zero attached hydrogens (tertiary/aromatic N) is 2. The first kappa shape index (κ1) is 17.3. The van der Waals surface area contributed by atoms with Crippen LogP contribution in [0.3, 0.4) is 0 Å². The molecule has 0 spiro atoms. The fourth-order valence-corrected chi connectivity index (χ4v) is 4.33. The van der Waals surface area contributed by atoms with E-state index < -0.39 is 0 Å². The lowest BCUT2D eigenvalue weighted by Crippen LogP contribution is -2.03. The van der Waals surface area contributed by atoms with Crippen molar-refractivity contribution in [2.75, 3.05) is 0 Å². The molecule has 3 aromatic rings. The zero-order valence-electron chi connectivity index (χ0n) is 13.9. The van der Waals surface area contributed by atoms with Crippen molar-refractivity contribution in [3.05, 3.63) is 82.3 Å². The highest BCUT2D eigenvalue weighted by Crippen LogP contribution is 2.40. The van der Waals surface area contributed by atoms with Crippen LogP contribution >= 0.6 is 27.7 Å². The minimum atomic E-state index is 0.425. The van der Waals surface area contributed by atoms with Crippen LogP contribution < -0.4 is 0 Å². The van der Waals surface area contributed by atoms with Crippen LogP contribution in [0.15, 0.2) is 70.6 Å². The topological polar surface area (TPSA) is 17.8 Å². The summed E-state index contributed by atoms with van der Waals surface area (Å²) in [7, 11) is 0. The second-order valence-electron chi connectivity index (χ2n) is 6.01. The number of aryl methyl sites for hydroxylation is 3. The monoisotopic (exact) mass is 400 g/mol. The van der Waals surface area contributed by atoms with Gasteiger partial charge in [0.2, 0.25) is 0 Å². The first-order valence-corrected chi connectivity index (χ1v) is 9.74. The van der Waals surface area contributed by atoms with Gasteiger partial charge in [0.1, 0.15) is 0 Å². The Kier molecular flexibility index (Phi) is 5.80. The molecule has 0 aliphatic carbocycles. The van der Waals surface area contributed by atoms with Crippen LogP contribution in [0.5, 0.6) is 0 Å². The van der Waals surface area contributed by atoms with Crippen LogP contribution in [-0.2, 0) is 6.54 Å². The maximum atomic E-state index is 4.15. The van der Waals surface area contributed by atoms with Crippen LogP contribution in [0.4, 0.5) is 0 Å². The highest BCUT2D eigenvalue weighted by atomic mass is 79.9. The Morgan fingerprint density at radius 3 is 2.58 bits per heavy atom. The molecule has 0 aliphatic rings. The van der Waals surface area contributed by atoms with Crippen molar-refractivity contribution in [2.24, 2.45) is 0 Å². The van der Waals surface area contributed by atoms with Gasteiger partial charge in [-0.3, -0.25) is 0 Å². The molecule has 0 N–H and O–H groups in total. The number of imidazole rings is 1. The van der Waals surface area contributed by atoms with Crippen LogP contribution in [0, 0.1) is 13.8 Å². The van der Waals surface area contributed by atoms with Gasteiger partial charge in [0.05, 0.1) is 6.33 Å². The molecule has 2 nitrogen and oxygen atoms in total. The van der Waals surface area contributed by atoms with E-state index in [1.165, 1.54) is 21.6 Å². The van der Waals surface area contributed by atoms with E-state index in [0.717, 1.165) is 17.4 Å². The van der Waals surface area contributed by atoms with Gasteiger partial charge in [-0.2, -0.15) is 0 Å². The third-order valence-electron chi connectivity index (χ3n) is 4.07. The van der Waals surface area contributed by atoms with Gasteiger partial charge in [-0.25, -0.2) is 4.98 Å². The van der Waals surface area contributed by atoms with E-state index >= 15 is 0 Å². The smallest absolute Gasteiger partial charge is 0.0945 e. The fourth-order valence-electron chi connectivity index (χ4n) is 2.83. The zero-order valence-corrected chi connectivity index (χ0v) is 16.3. The Morgan fingerprint density at radius 1 is 1.12 bits per heavy atom. The number of benzene rings is 2. The highest BCUT2D eigenvalue weighted by molar-refractivity contribution is 9.10. The minimum absolute atomic E-state index is 0.425. The predicted octanol–water partition coefficient (Wildman–Crippen LogP) is 6.19. The molecule has 1 aromatic heterocycles. The first-order chi connectivity index (χ1) is 11.6. The SMILES string of the molecule is Cc1ccc(C(CCn2ccnc2)Sc2ccc(Br)cc2)c(C)c1. The zero-order chi connectivity index (χ0) is 16.9. The molecule has 2 aromatic carbocycles. The van der Waals surface area contributed by atoms with Gasteiger partial charge in [0.15, 0.2) is 0 Å². The van der Waals surface area contributed by atoms with Gasteiger partial charge < -0.3 is 4.57 Å². The Bertz CT molecular complexity index is 782. The Balaban J connectivity index is 1.83. The number of thioether (sulfide) groups is 1. The van der Waals surface area contributed by atoms with Crippen molar-refractivity contribution in [3.8, 4) is 0 Å². The third kappa shape index (κ3) is 4.52. The Labute approximate surface area is 156 Å². The molecule has 0 saturated heterocycles. The summed E-state index contributed by atoms with van der Waals surface area (Å²) in [5.74, 6) is 0. The van der Waals surface area contributed by atoms with E-state index in [-0.39, 0.29) is 0 Å². The molecule has 4 heteroatoms. The van der Waals surface area contributed by atoms with Crippen molar-refractivity contribution in [1.82, 2.24) is 9.55 Å². The first-order valence-electron chi connectivity index (χ1n) is 8.07. The van der Waals surface area contributed by atoms with Crippen LogP contribution in [0.2, 0.25) is 0 Å². The molecule has 0 saturated carbocycles. The standard InChI is InChI=1S/C20H21BrN2S/c1-15-3-8-19(16(2)13-15)20(9-11-23-12-10-22-14-23)24-18-6-4-17(21)5-7-18/h3-8,10,12-14,20H,9,11H2,1-2H3. The lowest BCUT2D eigenvalue weighted by atomic mass is 10.0. The molecule has 1 heterocycles. The molecule has 0 fully saturated rings. The van der Waals surface area contributed by atoms with Crippen molar-refractivity contribution in [1.29, 1.82) is 0 Å². The number of hydrogen-bond donors (Lipinski definition) is 0. The lowest BCUT2D eigenvalue weighted by Gasteiger charge is -2.20. The van der Waals surface area contributed by atoms with Crippen LogP contribution in [-0.4, -0.2) is 9.55 Å². The summed E-state index contributed by atoms with van der Waals surface area (Å²) in [6, 6.07) is 15.4. The van der Waals surface area contributed by atoms with Crippen molar-refractivity contribution < 1.29 is 0 Å². The number of hydrogen-bond acceptors (Lipinski definition) is 2. The van der Waals surface area contributed by atoms with Crippen LogP contribution in [0.25, 0.3) is 0 Å². The van der Waals surface area contributed by atoms with Gasteiger partial charge >= 0.3 is 0 Å². The van der Waals surface area contributed by atoms with E-state index in [1.54, 1.807) is 0 Å². The van der Waals surface area contributed by atoms with Gasteiger partial charge in [-0.1, -0.05) is 39.7 Å². The molecular weight excluding hydrogens is 380 g/mol. The highest BCUT2D eigenvalue weighted by Gasteiger charge is 2.16. The normalized spacial score (nSPS) is 12.3. The van der Waals surface area contributed by atoms with E-state index in [1.807, 2.05) is 30.5 Å². The largest absolute Gasteiger partial charge is 0.337 e. The van der Waals surface area contributed by atoms with Gasteiger partial charge in [-0.05, 0) is 55.7 Å². The molecule has 3 rings (SSSR count). The molecule has 0 amide bonds. The second-order valence-corrected chi connectivity index (χ2v) is 8.20. The van der Waals surface area contributed by atoms with Gasteiger partial charge in [0, 0.05) is 33.6 Å². The molecule has 0 bridgehead atoms. The summed E-state index contributed by atoms with van der Waals surface area (Å²) >= 11 is 5.45. The molecule has 0 aliphatic heterocycles. The lowest BCUT2D eigenvalue weighted by molar-refractivity contribution is 0.633. The van der Waals surface area contributed by atoms with E-state index in [4.69, 9.17) is 0 Å². The number of halogens is 1. The molecule has 1 atom stereocenters. The van der Waals surface area contributed by atoms with Crippen molar-refractivity contribution in [3.63, 3.8) is 0 Å². The van der Waals surface area contributed by atoms with Crippen molar-refractivity contribution in [2.45, 2.75) is 37.0 Å². The molecular formula is C20H21BrN2S. The molecule has 124 valence electrons. The van der Waals surface area contributed by atoms with Gasteiger partial charge in [0.25, 0.3) is 0 Å².